The fraction of sp³-hybridized carbons (Fsp3) is 0.588. The molecule has 5 nitrogen and oxygen atoms in total. The second kappa shape index (κ2) is 8.13. The van der Waals surface area contributed by atoms with Gasteiger partial charge in [0.1, 0.15) is 6.04 Å². The summed E-state index contributed by atoms with van der Waals surface area (Å²) in [6.45, 7) is 7.00. The van der Waals surface area contributed by atoms with Gasteiger partial charge in [-0.05, 0) is 25.0 Å². The van der Waals surface area contributed by atoms with Gasteiger partial charge in [-0.25, -0.2) is 5.43 Å². The fourth-order valence-corrected chi connectivity index (χ4v) is 3.82. The van der Waals surface area contributed by atoms with E-state index in [0.717, 1.165) is 5.69 Å². The van der Waals surface area contributed by atoms with Crippen LogP contribution in [-0.2, 0) is 4.79 Å². The summed E-state index contributed by atoms with van der Waals surface area (Å²) in [5, 5.41) is 3.05. The van der Waals surface area contributed by atoms with Crippen molar-refractivity contribution in [2.75, 3.05) is 18.5 Å². The lowest BCUT2D eigenvalue weighted by Crippen LogP contribution is -2.49. The topological polar surface area (TPSA) is 56.4 Å². The Labute approximate surface area is 147 Å². The molecule has 2 rings (SSSR count). The molecule has 1 aliphatic heterocycles. The average Bonchev–Trinajstić information content (AvgIpc) is 2.94. The second-order valence-corrected chi connectivity index (χ2v) is 7.58. The van der Waals surface area contributed by atoms with Gasteiger partial charge >= 0.3 is 0 Å². The van der Waals surface area contributed by atoms with Gasteiger partial charge in [0.25, 0.3) is 0 Å². The quantitative estimate of drug-likeness (QED) is 0.657. The summed E-state index contributed by atoms with van der Waals surface area (Å²) in [7, 11) is 2.05. The molecule has 0 aromatic heterocycles. The van der Waals surface area contributed by atoms with Gasteiger partial charge < -0.3 is 10.2 Å². The van der Waals surface area contributed by atoms with E-state index in [4.69, 9.17) is 0 Å². The van der Waals surface area contributed by atoms with Crippen LogP contribution in [0.1, 0.15) is 20.8 Å². The molecule has 0 saturated carbocycles. The Morgan fingerprint density at radius 1 is 1.26 bits per heavy atom. The van der Waals surface area contributed by atoms with Crippen molar-refractivity contribution in [3.05, 3.63) is 30.3 Å². The Morgan fingerprint density at radius 3 is 2.48 bits per heavy atom. The summed E-state index contributed by atoms with van der Waals surface area (Å²) >= 11 is 3.65. The highest BCUT2D eigenvalue weighted by Crippen LogP contribution is 2.21. The van der Waals surface area contributed by atoms with Crippen LogP contribution in [0.2, 0.25) is 0 Å². The summed E-state index contributed by atoms with van der Waals surface area (Å²) in [5.74, 6) is 0.476. The molecular formula is C17H27BrN4O. The SMILES string of the molecule is CC(C)C1NNC(C(=O)NCC(C)N(C)c2ccccc2)C1Br. The van der Waals surface area contributed by atoms with Crippen LogP contribution in [0.4, 0.5) is 5.69 Å². The summed E-state index contributed by atoms with van der Waals surface area (Å²) in [4.78, 5) is 14.7. The van der Waals surface area contributed by atoms with E-state index in [9.17, 15) is 4.79 Å². The van der Waals surface area contributed by atoms with E-state index in [1.54, 1.807) is 0 Å². The Morgan fingerprint density at radius 2 is 1.91 bits per heavy atom. The zero-order valence-electron chi connectivity index (χ0n) is 14.2. The zero-order chi connectivity index (χ0) is 17.0. The molecule has 128 valence electrons. The first kappa shape index (κ1) is 18.2. The number of likely N-dealkylation sites (N-methyl/N-ethyl adjacent to an activating group) is 1. The van der Waals surface area contributed by atoms with Gasteiger partial charge in [0.2, 0.25) is 5.91 Å². The normalized spacial score (nSPS) is 25.4. The number of carbonyl (C=O) groups is 1. The maximum Gasteiger partial charge on any atom is 0.239 e. The maximum absolute atomic E-state index is 12.4. The highest BCUT2D eigenvalue weighted by atomic mass is 79.9. The molecule has 4 unspecified atom stereocenters. The van der Waals surface area contributed by atoms with E-state index in [1.807, 2.05) is 25.2 Å². The molecule has 1 aliphatic rings. The number of benzene rings is 1. The minimum absolute atomic E-state index is 0.0239. The smallest absolute Gasteiger partial charge is 0.239 e. The number of nitrogens with one attached hydrogen (secondary N) is 3. The number of carbonyl (C=O) groups excluding carboxylic acids is 1. The molecule has 23 heavy (non-hydrogen) atoms. The van der Waals surface area contributed by atoms with Crippen molar-refractivity contribution in [1.82, 2.24) is 16.2 Å². The molecule has 1 saturated heterocycles. The number of anilines is 1. The second-order valence-electron chi connectivity index (χ2n) is 6.52. The van der Waals surface area contributed by atoms with Gasteiger partial charge in [0.05, 0.1) is 4.83 Å². The van der Waals surface area contributed by atoms with Gasteiger partial charge in [-0.1, -0.05) is 48.0 Å². The molecule has 1 amide bonds. The number of hydrogen-bond acceptors (Lipinski definition) is 4. The Hall–Kier alpha value is -1.11. The van der Waals surface area contributed by atoms with Crippen molar-refractivity contribution >= 4 is 27.5 Å². The van der Waals surface area contributed by atoms with E-state index in [1.165, 1.54) is 0 Å². The lowest BCUT2D eigenvalue weighted by atomic mass is 9.99. The standard InChI is InChI=1S/C17H27BrN4O/c1-11(2)15-14(18)16(21-20-15)17(23)19-10-12(3)22(4)13-8-6-5-7-9-13/h5-9,11-12,14-16,20-21H,10H2,1-4H3,(H,19,23). The van der Waals surface area contributed by atoms with E-state index >= 15 is 0 Å². The lowest BCUT2D eigenvalue weighted by Gasteiger charge is -2.28. The monoisotopic (exact) mass is 382 g/mol. The predicted octanol–water partition coefficient (Wildman–Crippen LogP) is 1.89. The number of amides is 1. The third-order valence-electron chi connectivity index (χ3n) is 4.46. The molecule has 0 radical (unpaired) electrons. The number of hydrogen-bond donors (Lipinski definition) is 3. The third-order valence-corrected chi connectivity index (χ3v) is 5.56. The first-order valence-electron chi connectivity index (χ1n) is 8.12. The molecule has 1 aromatic carbocycles. The molecule has 0 aliphatic carbocycles. The van der Waals surface area contributed by atoms with Crippen LogP contribution in [0.5, 0.6) is 0 Å². The minimum Gasteiger partial charge on any atom is -0.370 e. The van der Waals surface area contributed by atoms with Gasteiger partial charge in [-0.3, -0.25) is 10.2 Å². The maximum atomic E-state index is 12.4. The number of hydrazine groups is 1. The van der Waals surface area contributed by atoms with Crippen molar-refractivity contribution in [1.29, 1.82) is 0 Å². The molecule has 1 fully saturated rings. The Bertz CT molecular complexity index is 511. The van der Waals surface area contributed by atoms with Crippen molar-refractivity contribution in [3.8, 4) is 0 Å². The average molecular weight is 383 g/mol. The number of nitrogens with zero attached hydrogens (tertiary/aromatic N) is 1. The molecule has 1 heterocycles. The van der Waals surface area contributed by atoms with E-state index in [2.05, 4.69) is 69.9 Å². The highest BCUT2D eigenvalue weighted by Gasteiger charge is 2.39. The van der Waals surface area contributed by atoms with Gasteiger partial charge in [0.15, 0.2) is 0 Å². The summed E-state index contributed by atoms with van der Waals surface area (Å²) in [6.07, 6.45) is 0. The molecule has 3 N–H and O–H groups in total. The van der Waals surface area contributed by atoms with Crippen LogP contribution in [-0.4, -0.2) is 42.5 Å². The molecule has 0 spiro atoms. The number of halogens is 1. The van der Waals surface area contributed by atoms with E-state index in [0.29, 0.717) is 12.5 Å². The van der Waals surface area contributed by atoms with Crippen LogP contribution in [0.25, 0.3) is 0 Å². The first-order valence-corrected chi connectivity index (χ1v) is 9.04. The number of para-hydroxylation sites is 1. The van der Waals surface area contributed by atoms with Crippen molar-refractivity contribution < 1.29 is 4.79 Å². The summed E-state index contributed by atoms with van der Waals surface area (Å²) in [6, 6.07) is 10.4. The molecule has 6 heteroatoms. The number of alkyl halides is 1. The van der Waals surface area contributed by atoms with Gasteiger partial charge in [0, 0.05) is 31.4 Å². The Kier molecular flexibility index (Phi) is 6.44. The van der Waals surface area contributed by atoms with Gasteiger partial charge in [-0.2, -0.15) is 0 Å². The van der Waals surface area contributed by atoms with E-state index < -0.39 is 0 Å². The molecule has 4 atom stereocenters. The zero-order valence-corrected chi connectivity index (χ0v) is 15.8. The van der Waals surface area contributed by atoms with Crippen LogP contribution < -0.4 is 21.1 Å². The molecular weight excluding hydrogens is 356 g/mol. The molecule has 1 aromatic rings. The van der Waals surface area contributed by atoms with Crippen LogP contribution in [0.3, 0.4) is 0 Å². The van der Waals surface area contributed by atoms with E-state index in [-0.39, 0.29) is 28.9 Å². The summed E-state index contributed by atoms with van der Waals surface area (Å²) < 4.78 is 0. The van der Waals surface area contributed by atoms with Crippen molar-refractivity contribution in [2.24, 2.45) is 5.92 Å². The first-order chi connectivity index (χ1) is 10.9. The minimum atomic E-state index is -0.253. The van der Waals surface area contributed by atoms with Gasteiger partial charge in [-0.15, -0.1) is 0 Å². The largest absolute Gasteiger partial charge is 0.370 e. The van der Waals surface area contributed by atoms with Crippen LogP contribution >= 0.6 is 15.9 Å². The van der Waals surface area contributed by atoms with Crippen LogP contribution in [0.15, 0.2) is 30.3 Å². The predicted molar refractivity (Wildman–Crippen MR) is 98.7 cm³/mol. The third kappa shape index (κ3) is 4.46. The molecule has 0 bridgehead atoms. The lowest BCUT2D eigenvalue weighted by molar-refractivity contribution is -0.122. The number of rotatable bonds is 6. The van der Waals surface area contributed by atoms with Crippen molar-refractivity contribution in [2.45, 2.75) is 43.7 Å². The van der Waals surface area contributed by atoms with Crippen molar-refractivity contribution in [3.63, 3.8) is 0 Å². The fourth-order valence-electron chi connectivity index (χ4n) is 2.71. The summed E-state index contributed by atoms with van der Waals surface area (Å²) in [5.41, 5.74) is 7.45. The highest BCUT2D eigenvalue weighted by molar-refractivity contribution is 9.09. The Balaban J connectivity index is 1.85. The van der Waals surface area contributed by atoms with Crippen LogP contribution in [0, 0.1) is 5.92 Å².